The van der Waals surface area contributed by atoms with Crippen LogP contribution in [0.4, 0.5) is 0 Å². The van der Waals surface area contributed by atoms with Gasteiger partial charge in [-0.3, -0.25) is 0 Å². The molecule has 19 heavy (non-hydrogen) atoms. The minimum absolute atomic E-state index is 0.0351. The molecule has 106 valence electrons. The van der Waals surface area contributed by atoms with E-state index in [9.17, 15) is 9.90 Å². The van der Waals surface area contributed by atoms with Gasteiger partial charge in [-0.15, -0.1) is 0 Å². The van der Waals surface area contributed by atoms with Crippen LogP contribution < -0.4 is 0 Å². The second kappa shape index (κ2) is 4.32. The van der Waals surface area contributed by atoms with Crippen molar-refractivity contribution in [1.29, 1.82) is 0 Å². The van der Waals surface area contributed by atoms with Gasteiger partial charge in [0.25, 0.3) is 0 Å². The van der Waals surface area contributed by atoms with E-state index in [1.807, 2.05) is 0 Å². The lowest BCUT2D eigenvalue weighted by atomic mass is 9.65. The van der Waals surface area contributed by atoms with Crippen molar-refractivity contribution in [2.45, 2.75) is 45.5 Å². The fourth-order valence-corrected chi connectivity index (χ4v) is 4.44. The molecular weight excluding hydrogens is 244 g/mol. The van der Waals surface area contributed by atoms with Gasteiger partial charge in [-0.05, 0) is 24.7 Å². The molecule has 0 amide bonds. The summed E-state index contributed by atoms with van der Waals surface area (Å²) in [6.45, 7) is 8.69. The van der Waals surface area contributed by atoms with Crippen molar-refractivity contribution in [1.82, 2.24) is 0 Å². The van der Waals surface area contributed by atoms with Gasteiger partial charge in [0.1, 0.15) is 6.10 Å². The summed E-state index contributed by atoms with van der Waals surface area (Å²) in [5.41, 5.74) is 0.259. The third-order valence-corrected chi connectivity index (χ3v) is 5.50. The molecule has 0 radical (unpaired) electrons. The molecule has 6 atom stereocenters. The summed E-state index contributed by atoms with van der Waals surface area (Å²) >= 11 is 0. The van der Waals surface area contributed by atoms with Gasteiger partial charge in [0.05, 0.1) is 6.61 Å². The summed E-state index contributed by atoms with van der Waals surface area (Å²) in [6, 6.07) is 0. The normalized spacial score (nSPS) is 49.5. The van der Waals surface area contributed by atoms with E-state index in [1.165, 1.54) is 0 Å². The van der Waals surface area contributed by atoms with Gasteiger partial charge in [0.15, 0.2) is 6.29 Å². The Morgan fingerprint density at radius 1 is 1.53 bits per heavy atom. The van der Waals surface area contributed by atoms with E-state index in [0.29, 0.717) is 24.0 Å². The first-order valence-electron chi connectivity index (χ1n) is 7.16. The molecule has 0 aromatic heterocycles. The SMILES string of the molecule is C=C1C(=O)OC2CC3COC(O)C(C)(CC12)C3CC. The van der Waals surface area contributed by atoms with Crippen molar-refractivity contribution >= 4 is 5.97 Å². The molecule has 2 bridgehead atoms. The lowest BCUT2D eigenvalue weighted by Crippen LogP contribution is -2.49. The Balaban J connectivity index is 1.98. The van der Waals surface area contributed by atoms with E-state index in [0.717, 1.165) is 19.3 Å². The van der Waals surface area contributed by atoms with Crippen molar-refractivity contribution in [2.75, 3.05) is 6.61 Å². The van der Waals surface area contributed by atoms with Crippen molar-refractivity contribution in [2.24, 2.45) is 23.2 Å². The molecule has 0 aromatic rings. The van der Waals surface area contributed by atoms with Crippen LogP contribution in [-0.2, 0) is 14.3 Å². The average Bonchev–Trinajstić information content (AvgIpc) is 2.57. The molecule has 4 heteroatoms. The molecule has 1 saturated carbocycles. The average molecular weight is 266 g/mol. The molecule has 1 N–H and O–H groups in total. The summed E-state index contributed by atoms with van der Waals surface area (Å²) in [6.07, 6.45) is 1.74. The molecular formula is C15H22O4. The number of aliphatic hydroxyl groups is 1. The number of carbonyl (C=O) groups is 1. The quantitative estimate of drug-likeness (QED) is 0.581. The van der Waals surface area contributed by atoms with Crippen molar-refractivity contribution in [3.8, 4) is 0 Å². The Bertz CT molecular complexity index is 418. The van der Waals surface area contributed by atoms with Gasteiger partial charge >= 0.3 is 5.97 Å². The Morgan fingerprint density at radius 3 is 2.95 bits per heavy atom. The van der Waals surface area contributed by atoms with Crippen LogP contribution in [0.2, 0.25) is 0 Å². The van der Waals surface area contributed by atoms with E-state index < -0.39 is 6.29 Å². The molecule has 3 fully saturated rings. The standard InChI is InChI=1S/C15H22O4/c1-4-11-9-5-12-10(8(2)13(16)19-12)6-15(11,3)14(17)18-7-9/h9-12,14,17H,2,4-7H2,1,3H3. The summed E-state index contributed by atoms with van der Waals surface area (Å²) in [5, 5.41) is 10.3. The van der Waals surface area contributed by atoms with E-state index in [-0.39, 0.29) is 23.4 Å². The lowest BCUT2D eigenvalue weighted by molar-refractivity contribution is -0.240. The predicted molar refractivity (Wildman–Crippen MR) is 69.1 cm³/mol. The highest BCUT2D eigenvalue weighted by Crippen LogP contribution is 2.54. The maximum absolute atomic E-state index is 11.7. The van der Waals surface area contributed by atoms with Crippen molar-refractivity contribution in [3.05, 3.63) is 12.2 Å². The molecule has 1 aliphatic carbocycles. The highest BCUT2D eigenvalue weighted by Gasteiger charge is 2.56. The number of esters is 1. The molecule has 3 rings (SSSR count). The minimum Gasteiger partial charge on any atom is -0.458 e. The van der Waals surface area contributed by atoms with Gasteiger partial charge in [-0.25, -0.2) is 4.79 Å². The first-order chi connectivity index (χ1) is 8.97. The van der Waals surface area contributed by atoms with Gasteiger partial charge in [-0.2, -0.15) is 0 Å². The highest BCUT2D eigenvalue weighted by atomic mass is 16.6. The summed E-state index contributed by atoms with van der Waals surface area (Å²) in [5.74, 6) is 0.537. The fourth-order valence-electron chi connectivity index (χ4n) is 4.44. The topological polar surface area (TPSA) is 55.8 Å². The zero-order valence-electron chi connectivity index (χ0n) is 11.6. The van der Waals surface area contributed by atoms with Gasteiger partial charge in [0.2, 0.25) is 0 Å². The fraction of sp³-hybridized carbons (Fsp3) is 0.800. The zero-order valence-corrected chi connectivity index (χ0v) is 11.6. The largest absolute Gasteiger partial charge is 0.458 e. The number of hydrogen-bond donors (Lipinski definition) is 1. The monoisotopic (exact) mass is 266 g/mol. The van der Waals surface area contributed by atoms with Crippen molar-refractivity contribution in [3.63, 3.8) is 0 Å². The summed E-state index contributed by atoms with van der Waals surface area (Å²) in [4.78, 5) is 11.7. The number of aliphatic hydroxyl groups excluding tert-OH is 1. The highest BCUT2D eigenvalue weighted by molar-refractivity contribution is 5.90. The summed E-state index contributed by atoms with van der Waals surface area (Å²) < 4.78 is 11.0. The molecule has 0 spiro atoms. The molecule has 6 unspecified atom stereocenters. The van der Waals surface area contributed by atoms with E-state index >= 15 is 0 Å². The number of ether oxygens (including phenoxy) is 2. The summed E-state index contributed by atoms with van der Waals surface area (Å²) in [7, 11) is 0. The third-order valence-electron chi connectivity index (χ3n) is 5.50. The molecule has 2 saturated heterocycles. The Labute approximate surface area is 113 Å². The van der Waals surface area contributed by atoms with Crippen LogP contribution in [-0.4, -0.2) is 30.1 Å². The number of hydrogen-bond acceptors (Lipinski definition) is 4. The van der Waals surface area contributed by atoms with E-state index in [1.54, 1.807) is 0 Å². The maximum Gasteiger partial charge on any atom is 0.334 e. The van der Waals surface area contributed by atoms with Gasteiger partial charge in [-0.1, -0.05) is 26.8 Å². The molecule has 2 aliphatic heterocycles. The molecule has 3 aliphatic rings. The smallest absolute Gasteiger partial charge is 0.334 e. The van der Waals surface area contributed by atoms with E-state index in [2.05, 4.69) is 20.4 Å². The predicted octanol–water partition coefficient (Wildman–Crippen LogP) is 1.88. The number of fused-ring (bicyclic) bond motifs is 3. The van der Waals surface area contributed by atoms with Crippen LogP contribution >= 0.6 is 0 Å². The maximum atomic E-state index is 11.7. The minimum atomic E-state index is -0.754. The second-order valence-electron chi connectivity index (χ2n) is 6.48. The van der Waals surface area contributed by atoms with Gasteiger partial charge < -0.3 is 14.6 Å². The second-order valence-corrected chi connectivity index (χ2v) is 6.48. The van der Waals surface area contributed by atoms with Crippen LogP contribution in [0.25, 0.3) is 0 Å². The third kappa shape index (κ3) is 1.77. The Hall–Kier alpha value is -0.870. The molecule has 4 nitrogen and oxygen atoms in total. The van der Waals surface area contributed by atoms with Crippen LogP contribution in [0.5, 0.6) is 0 Å². The van der Waals surface area contributed by atoms with Crippen LogP contribution in [0.1, 0.15) is 33.1 Å². The Morgan fingerprint density at radius 2 is 2.26 bits per heavy atom. The molecule has 2 heterocycles. The Kier molecular flexibility index (Phi) is 2.98. The first kappa shape index (κ1) is 13.1. The first-order valence-corrected chi connectivity index (χ1v) is 7.16. The van der Waals surface area contributed by atoms with Crippen LogP contribution in [0, 0.1) is 23.2 Å². The van der Waals surface area contributed by atoms with Gasteiger partial charge in [0, 0.05) is 16.9 Å². The van der Waals surface area contributed by atoms with Crippen LogP contribution in [0.3, 0.4) is 0 Å². The van der Waals surface area contributed by atoms with Crippen LogP contribution in [0.15, 0.2) is 12.2 Å². The van der Waals surface area contributed by atoms with E-state index in [4.69, 9.17) is 9.47 Å². The number of rotatable bonds is 1. The van der Waals surface area contributed by atoms with Crippen molar-refractivity contribution < 1.29 is 19.4 Å². The molecule has 0 aromatic carbocycles. The number of carbonyl (C=O) groups excluding carboxylic acids is 1. The zero-order chi connectivity index (χ0) is 13.8. The lowest BCUT2D eigenvalue weighted by Gasteiger charge is -2.47.